The lowest BCUT2D eigenvalue weighted by Crippen LogP contribution is -2.36. The number of hydrogen-bond donors (Lipinski definition) is 0. The molecule has 1 heterocycles. The number of ether oxygens (including phenoxy) is 3. The largest absolute Gasteiger partial charge is 0.459 e. The Labute approximate surface area is 160 Å². The van der Waals surface area contributed by atoms with Gasteiger partial charge in [-0.25, -0.2) is 14.5 Å². The first kappa shape index (κ1) is 20.6. The molecule has 1 aromatic carbocycles. The molecule has 1 saturated heterocycles. The van der Waals surface area contributed by atoms with E-state index in [0.717, 1.165) is 37.6 Å². The third-order valence-corrected chi connectivity index (χ3v) is 3.75. The zero-order valence-electron chi connectivity index (χ0n) is 16.3. The molecule has 0 saturated carbocycles. The van der Waals surface area contributed by atoms with E-state index in [1.165, 1.54) is 12.0 Å². The van der Waals surface area contributed by atoms with Gasteiger partial charge in [-0.15, -0.1) is 0 Å². The average Bonchev–Trinajstić information content (AvgIpc) is 2.64. The summed E-state index contributed by atoms with van der Waals surface area (Å²) in [5, 5.41) is 0. The van der Waals surface area contributed by atoms with E-state index in [0.29, 0.717) is 0 Å². The van der Waals surface area contributed by atoms with Gasteiger partial charge in [-0.2, -0.15) is 0 Å². The van der Waals surface area contributed by atoms with E-state index in [2.05, 4.69) is 21.6 Å². The number of hydrogen-bond acceptors (Lipinski definition) is 6. The maximum absolute atomic E-state index is 12.4. The summed E-state index contributed by atoms with van der Waals surface area (Å²) in [7, 11) is 1.24. The van der Waals surface area contributed by atoms with Gasteiger partial charge in [-0.05, 0) is 38.5 Å². The summed E-state index contributed by atoms with van der Waals surface area (Å²) < 4.78 is 15.2. The number of anilines is 1. The molecular weight excluding hydrogens is 348 g/mol. The predicted molar refractivity (Wildman–Crippen MR) is 101 cm³/mol. The van der Waals surface area contributed by atoms with Crippen LogP contribution in [-0.2, 0) is 25.5 Å². The average molecular weight is 374 g/mol. The molecule has 27 heavy (non-hydrogen) atoms. The molecule has 0 spiro atoms. The molecule has 1 amide bonds. The Hall–Kier alpha value is -2.72. The molecule has 0 radical (unpaired) electrons. The van der Waals surface area contributed by atoms with E-state index in [-0.39, 0.29) is 6.54 Å². The molecule has 0 N–H and O–H groups in total. The van der Waals surface area contributed by atoms with Gasteiger partial charge in [0.2, 0.25) is 0 Å². The maximum Gasteiger partial charge on any atom is 0.422 e. The van der Waals surface area contributed by atoms with Gasteiger partial charge in [0, 0.05) is 30.7 Å². The maximum atomic E-state index is 12.4. The minimum absolute atomic E-state index is 0.197. The fourth-order valence-corrected chi connectivity index (χ4v) is 2.45. The molecule has 0 atom stereocenters. The first-order valence-electron chi connectivity index (χ1n) is 8.80. The van der Waals surface area contributed by atoms with Crippen LogP contribution in [0.2, 0.25) is 0 Å². The molecule has 146 valence electrons. The summed E-state index contributed by atoms with van der Waals surface area (Å²) in [6.07, 6.45) is -0.615. The molecule has 7 heteroatoms. The molecule has 0 aromatic heterocycles. The Kier molecular flexibility index (Phi) is 7.08. The SMILES string of the molecule is COC(=O)C#CN(Cc1ccc(N2CCOCC2)cc1)C(=O)OC(C)(C)C. The topological polar surface area (TPSA) is 68.3 Å². The smallest absolute Gasteiger partial charge is 0.422 e. The number of nitrogens with zero attached hydrogens (tertiary/aromatic N) is 2. The van der Waals surface area contributed by atoms with Crippen molar-refractivity contribution < 1.29 is 23.8 Å². The van der Waals surface area contributed by atoms with Crippen LogP contribution in [-0.4, -0.2) is 56.0 Å². The highest BCUT2D eigenvalue weighted by Crippen LogP contribution is 2.18. The van der Waals surface area contributed by atoms with E-state index < -0.39 is 17.7 Å². The number of morpholine rings is 1. The highest BCUT2D eigenvalue weighted by molar-refractivity contribution is 5.88. The monoisotopic (exact) mass is 374 g/mol. The van der Waals surface area contributed by atoms with Crippen LogP contribution in [0.4, 0.5) is 10.5 Å². The lowest BCUT2D eigenvalue weighted by Gasteiger charge is -2.29. The highest BCUT2D eigenvalue weighted by Gasteiger charge is 2.22. The Morgan fingerprint density at radius 1 is 1.19 bits per heavy atom. The van der Waals surface area contributed by atoms with E-state index >= 15 is 0 Å². The summed E-state index contributed by atoms with van der Waals surface area (Å²) in [6.45, 7) is 8.66. The number of carbonyl (C=O) groups excluding carboxylic acids is 2. The Morgan fingerprint density at radius 2 is 1.81 bits per heavy atom. The fourth-order valence-electron chi connectivity index (χ4n) is 2.45. The molecule has 0 aliphatic carbocycles. The Morgan fingerprint density at radius 3 is 2.37 bits per heavy atom. The van der Waals surface area contributed by atoms with Crippen molar-refractivity contribution in [1.82, 2.24) is 4.90 Å². The van der Waals surface area contributed by atoms with Crippen LogP contribution in [0.5, 0.6) is 0 Å². The number of amides is 1. The number of methoxy groups -OCH3 is 1. The van der Waals surface area contributed by atoms with Gasteiger partial charge in [-0.3, -0.25) is 0 Å². The van der Waals surface area contributed by atoms with Crippen LogP contribution in [0.25, 0.3) is 0 Å². The normalized spacial score (nSPS) is 14.0. The van der Waals surface area contributed by atoms with E-state index in [4.69, 9.17) is 9.47 Å². The van der Waals surface area contributed by atoms with Gasteiger partial charge >= 0.3 is 12.1 Å². The molecule has 1 aliphatic heterocycles. The zero-order chi connectivity index (χ0) is 19.9. The number of rotatable bonds is 3. The third kappa shape index (κ3) is 6.83. The van der Waals surface area contributed by atoms with Crippen molar-refractivity contribution in [3.8, 4) is 12.0 Å². The van der Waals surface area contributed by atoms with Crippen LogP contribution in [0.15, 0.2) is 24.3 Å². The van der Waals surface area contributed by atoms with Gasteiger partial charge in [0.1, 0.15) is 5.60 Å². The van der Waals surface area contributed by atoms with Crippen LogP contribution in [0, 0.1) is 12.0 Å². The van der Waals surface area contributed by atoms with Gasteiger partial charge in [0.05, 0.1) is 26.9 Å². The Bertz CT molecular complexity index is 707. The molecule has 0 bridgehead atoms. The minimum Gasteiger partial charge on any atom is -0.459 e. The Balaban J connectivity index is 2.11. The summed E-state index contributed by atoms with van der Waals surface area (Å²) in [6, 6.07) is 10.4. The second kappa shape index (κ2) is 9.28. The quantitative estimate of drug-likeness (QED) is 0.460. The number of esters is 1. The first-order chi connectivity index (χ1) is 12.8. The van der Waals surface area contributed by atoms with Gasteiger partial charge in [0.25, 0.3) is 0 Å². The fraction of sp³-hybridized carbons (Fsp3) is 0.500. The van der Waals surface area contributed by atoms with Gasteiger partial charge in [-0.1, -0.05) is 12.1 Å². The molecule has 1 fully saturated rings. The van der Waals surface area contributed by atoms with Crippen molar-refractivity contribution in [2.45, 2.75) is 32.9 Å². The van der Waals surface area contributed by atoms with E-state index in [1.54, 1.807) is 20.8 Å². The van der Waals surface area contributed by atoms with Gasteiger partial charge in [0.15, 0.2) is 0 Å². The van der Waals surface area contributed by atoms with Crippen molar-refractivity contribution in [3.63, 3.8) is 0 Å². The lowest BCUT2D eigenvalue weighted by molar-refractivity contribution is -0.133. The van der Waals surface area contributed by atoms with Crippen LogP contribution < -0.4 is 4.90 Å². The van der Waals surface area contributed by atoms with Crippen LogP contribution in [0.1, 0.15) is 26.3 Å². The van der Waals surface area contributed by atoms with Crippen molar-refractivity contribution in [2.75, 3.05) is 38.3 Å². The zero-order valence-corrected chi connectivity index (χ0v) is 16.3. The van der Waals surface area contributed by atoms with E-state index in [1.807, 2.05) is 24.3 Å². The summed E-state index contributed by atoms with van der Waals surface area (Å²) >= 11 is 0. The third-order valence-electron chi connectivity index (χ3n) is 3.75. The predicted octanol–water partition coefficient (Wildman–Crippen LogP) is 2.39. The number of carbonyl (C=O) groups is 2. The summed E-state index contributed by atoms with van der Waals surface area (Å²) in [5.41, 5.74) is 1.31. The van der Waals surface area contributed by atoms with Crippen molar-refractivity contribution >= 4 is 17.7 Å². The standard InChI is InChI=1S/C20H26N2O5/c1-20(2,3)27-19(24)22(10-9-18(23)25-4)15-16-5-7-17(8-6-16)21-11-13-26-14-12-21/h5-8H,11-15H2,1-4H3. The molecule has 0 unspecified atom stereocenters. The molecule has 2 rings (SSSR count). The summed E-state index contributed by atoms with van der Waals surface area (Å²) in [4.78, 5) is 27.1. The minimum atomic E-state index is -0.716. The van der Waals surface area contributed by atoms with Crippen LogP contribution >= 0.6 is 0 Å². The lowest BCUT2D eigenvalue weighted by atomic mass is 10.1. The van der Waals surface area contributed by atoms with Crippen LogP contribution in [0.3, 0.4) is 0 Å². The second-order valence-corrected chi connectivity index (χ2v) is 7.06. The molecule has 7 nitrogen and oxygen atoms in total. The second-order valence-electron chi connectivity index (χ2n) is 7.06. The summed E-state index contributed by atoms with van der Waals surface area (Å²) in [5.74, 6) is 1.56. The molecule has 1 aromatic rings. The molecule has 1 aliphatic rings. The molecular formula is C20H26N2O5. The highest BCUT2D eigenvalue weighted by atomic mass is 16.6. The first-order valence-corrected chi connectivity index (χ1v) is 8.80. The van der Waals surface area contributed by atoms with Crippen molar-refractivity contribution in [1.29, 1.82) is 0 Å². The van der Waals surface area contributed by atoms with Gasteiger partial charge < -0.3 is 19.1 Å². The van der Waals surface area contributed by atoms with Crippen molar-refractivity contribution in [3.05, 3.63) is 29.8 Å². The number of benzene rings is 1. The van der Waals surface area contributed by atoms with E-state index in [9.17, 15) is 9.59 Å². The van der Waals surface area contributed by atoms with Crippen molar-refractivity contribution in [2.24, 2.45) is 0 Å².